The third-order valence-corrected chi connectivity index (χ3v) is 9.15. The van der Waals surface area contributed by atoms with Crippen LogP contribution in [0.25, 0.3) is 44.6 Å². The SMILES string of the molecule is Cc1ccc(-c2cc(-c3cc(C(C)(C)C)cc(N(c4ccccn4)c4ccccc4-c4ccccc4)n3)cc(-c3ccccc3O)c2)c(C)c1. The number of phenols is 1. The predicted molar refractivity (Wildman–Crippen MR) is 208 cm³/mol. The second kappa shape index (κ2) is 13.5. The zero-order valence-corrected chi connectivity index (χ0v) is 29.2. The first-order valence-corrected chi connectivity index (χ1v) is 17.1. The predicted octanol–water partition coefficient (Wildman–Crippen LogP) is 12.2. The third kappa shape index (κ3) is 6.65. The largest absolute Gasteiger partial charge is 0.507 e. The van der Waals surface area contributed by atoms with E-state index in [0.29, 0.717) is 0 Å². The smallest absolute Gasteiger partial charge is 0.139 e. The van der Waals surface area contributed by atoms with Crippen molar-refractivity contribution >= 4 is 17.3 Å². The summed E-state index contributed by atoms with van der Waals surface area (Å²) >= 11 is 0. The van der Waals surface area contributed by atoms with Crippen LogP contribution in [0.5, 0.6) is 5.75 Å². The average molecular weight is 652 g/mol. The number of hydrogen-bond acceptors (Lipinski definition) is 4. The van der Waals surface area contributed by atoms with Gasteiger partial charge in [0.25, 0.3) is 0 Å². The number of nitrogens with zero attached hydrogens (tertiary/aromatic N) is 3. The Labute approximate surface area is 295 Å². The molecule has 7 aromatic rings. The lowest BCUT2D eigenvalue weighted by molar-refractivity contribution is 0.477. The lowest BCUT2D eigenvalue weighted by Crippen LogP contribution is -2.17. The van der Waals surface area contributed by atoms with Crippen molar-refractivity contribution in [1.82, 2.24) is 9.97 Å². The molecule has 0 saturated carbocycles. The van der Waals surface area contributed by atoms with Crippen LogP contribution in [0, 0.1) is 13.8 Å². The highest BCUT2D eigenvalue weighted by atomic mass is 16.3. The summed E-state index contributed by atoms with van der Waals surface area (Å²) in [5.41, 5.74) is 12.3. The monoisotopic (exact) mass is 651 g/mol. The molecule has 0 atom stereocenters. The van der Waals surface area contributed by atoms with E-state index in [-0.39, 0.29) is 11.2 Å². The summed E-state index contributed by atoms with van der Waals surface area (Å²) in [4.78, 5) is 12.5. The Morgan fingerprint density at radius 3 is 1.90 bits per heavy atom. The van der Waals surface area contributed by atoms with Crippen LogP contribution in [0.2, 0.25) is 0 Å². The lowest BCUT2D eigenvalue weighted by Gasteiger charge is -2.28. The molecule has 7 rings (SSSR count). The van der Waals surface area contributed by atoms with Crippen LogP contribution < -0.4 is 4.90 Å². The fraction of sp³-hybridized carbons (Fsp3) is 0.130. The standard InChI is InChI=1S/C46H41N3O/c1-31-22-23-38(32(2)25-31)34-26-35(40-18-10-12-20-43(40)50)28-36(27-34)41-29-37(46(3,4)5)30-45(48-41)49(44-21-13-14-24-47-44)42-19-11-9-17-39(42)33-15-7-6-8-16-33/h6-30,50H,1-5H3. The van der Waals surface area contributed by atoms with Gasteiger partial charge in [-0.1, -0.05) is 117 Å². The van der Waals surface area contributed by atoms with Gasteiger partial charge in [-0.05, 0) is 107 Å². The topological polar surface area (TPSA) is 49.2 Å². The van der Waals surface area contributed by atoms with E-state index in [2.05, 4.69) is 137 Å². The van der Waals surface area contributed by atoms with Gasteiger partial charge in [0.1, 0.15) is 17.4 Å². The Morgan fingerprint density at radius 2 is 1.20 bits per heavy atom. The number of anilines is 3. The molecule has 0 aliphatic rings. The molecule has 0 unspecified atom stereocenters. The Bertz CT molecular complexity index is 2290. The maximum Gasteiger partial charge on any atom is 0.139 e. The van der Waals surface area contributed by atoms with Crippen molar-refractivity contribution in [3.63, 3.8) is 0 Å². The number of rotatable bonds is 7. The fourth-order valence-electron chi connectivity index (χ4n) is 6.53. The fourth-order valence-corrected chi connectivity index (χ4v) is 6.53. The molecule has 4 nitrogen and oxygen atoms in total. The van der Waals surface area contributed by atoms with Crippen LogP contribution in [0.15, 0.2) is 152 Å². The summed E-state index contributed by atoms with van der Waals surface area (Å²) in [6.07, 6.45) is 1.83. The molecule has 1 N–H and O–H groups in total. The van der Waals surface area contributed by atoms with Gasteiger partial charge in [-0.3, -0.25) is 4.90 Å². The minimum absolute atomic E-state index is 0.174. The number of para-hydroxylation sites is 2. The van der Waals surface area contributed by atoms with Crippen LogP contribution in [-0.2, 0) is 5.41 Å². The molecule has 246 valence electrons. The van der Waals surface area contributed by atoms with Crippen LogP contribution in [0.1, 0.15) is 37.5 Å². The second-order valence-electron chi connectivity index (χ2n) is 13.9. The molecular formula is C46H41N3O. The first-order valence-electron chi connectivity index (χ1n) is 17.1. The van der Waals surface area contributed by atoms with Crippen LogP contribution >= 0.6 is 0 Å². The zero-order valence-electron chi connectivity index (χ0n) is 29.2. The van der Waals surface area contributed by atoms with Crippen molar-refractivity contribution in [2.75, 3.05) is 4.90 Å². The lowest BCUT2D eigenvalue weighted by atomic mass is 9.86. The molecule has 4 heteroatoms. The van der Waals surface area contributed by atoms with Crippen molar-refractivity contribution in [1.29, 1.82) is 0 Å². The normalized spacial score (nSPS) is 11.4. The molecule has 5 aromatic carbocycles. The van der Waals surface area contributed by atoms with Crippen molar-refractivity contribution < 1.29 is 5.11 Å². The van der Waals surface area contributed by atoms with E-state index >= 15 is 0 Å². The molecule has 0 bridgehead atoms. The highest BCUT2D eigenvalue weighted by Crippen LogP contribution is 2.43. The maximum atomic E-state index is 11.0. The number of aromatic nitrogens is 2. The first kappa shape index (κ1) is 32.5. The molecule has 0 aliphatic heterocycles. The van der Waals surface area contributed by atoms with Gasteiger partial charge in [0, 0.05) is 22.9 Å². The van der Waals surface area contributed by atoms with Crippen LogP contribution in [-0.4, -0.2) is 15.1 Å². The summed E-state index contributed by atoms with van der Waals surface area (Å²) in [6.45, 7) is 11.0. The van der Waals surface area contributed by atoms with E-state index < -0.39 is 0 Å². The highest BCUT2D eigenvalue weighted by Gasteiger charge is 2.24. The summed E-state index contributed by atoms with van der Waals surface area (Å²) in [7, 11) is 0. The third-order valence-electron chi connectivity index (χ3n) is 9.15. The van der Waals surface area contributed by atoms with Crippen molar-refractivity contribution in [3.8, 4) is 50.4 Å². The number of hydrogen-bond donors (Lipinski definition) is 1. The van der Waals surface area contributed by atoms with E-state index in [1.54, 1.807) is 6.07 Å². The van der Waals surface area contributed by atoms with Gasteiger partial charge in [0.2, 0.25) is 0 Å². The van der Waals surface area contributed by atoms with Gasteiger partial charge in [-0.25, -0.2) is 9.97 Å². The molecule has 0 fully saturated rings. The molecule has 50 heavy (non-hydrogen) atoms. The summed E-state index contributed by atoms with van der Waals surface area (Å²) < 4.78 is 0. The van der Waals surface area contributed by atoms with Gasteiger partial charge < -0.3 is 5.11 Å². The second-order valence-corrected chi connectivity index (χ2v) is 13.9. The van der Waals surface area contributed by atoms with Crippen molar-refractivity contribution in [2.24, 2.45) is 0 Å². The summed E-state index contributed by atoms with van der Waals surface area (Å²) in [6, 6.07) is 49.9. The summed E-state index contributed by atoms with van der Waals surface area (Å²) in [5, 5.41) is 11.0. The van der Waals surface area contributed by atoms with E-state index in [9.17, 15) is 5.11 Å². The van der Waals surface area contributed by atoms with Crippen molar-refractivity contribution in [2.45, 2.75) is 40.0 Å². The molecule has 0 aliphatic carbocycles. The summed E-state index contributed by atoms with van der Waals surface area (Å²) in [5.74, 6) is 1.79. The maximum absolute atomic E-state index is 11.0. The minimum Gasteiger partial charge on any atom is -0.507 e. The molecule has 0 saturated heterocycles. The molecule has 0 spiro atoms. The van der Waals surface area contributed by atoms with Gasteiger partial charge in [0.15, 0.2) is 0 Å². The molecule has 2 heterocycles. The number of pyridine rings is 2. The molecule has 0 radical (unpaired) electrons. The highest BCUT2D eigenvalue weighted by molar-refractivity contribution is 5.88. The Kier molecular flexibility index (Phi) is 8.78. The van der Waals surface area contributed by atoms with Crippen molar-refractivity contribution in [3.05, 3.63) is 168 Å². The van der Waals surface area contributed by atoms with E-state index in [1.165, 1.54) is 11.1 Å². The Morgan fingerprint density at radius 1 is 0.540 bits per heavy atom. The van der Waals surface area contributed by atoms with E-state index in [4.69, 9.17) is 9.97 Å². The quantitative estimate of drug-likeness (QED) is 0.186. The number of phenolic OH excluding ortho intramolecular Hbond substituents is 1. The van der Waals surface area contributed by atoms with Gasteiger partial charge >= 0.3 is 0 Å². The number of aryl methyl sites for hydroxylation is 2. The number of aromatic hydroxyl groups is 1. The van der Waals surface area contributed by atoms with Gasteiger partial charge in [-0.15, -0.1) is 0 Å². The van der Waals surface area contributed by atoms with Gasteiger partial charge in [0.05, 0.1) is 11.4 Å². The zero-order chi connectivity index (χ0) is 34.8. The molecular weight excluding hydrogens is 611 g/mol. The number of benzene rings is 5. The Balaban J connectivity index is 1.50. The van der Waals surface area contributed by atoms with Gasteiger partial charge in [-0.2, -0.15) is 0 Å². The Hall–Kier alpha value is -6.00. The molecule has 2 aromatic heterocycles. The van der Waals surface area contributed by atoms with E-state index in [1.807, 2.05) is 48.7 Å². The van der Waals surface area contributed by atoms with Crippen LogP contribution in [0.4, 0.5) is 17.3 Å². The average Bonchev–Trinajstić information content (AvgIpc) is 3.12. The van der Waals surface area contributed by atoms with E-state index in [0.717, 1.165) is 67.5 Å². The minimum atomic E-state index is -0.174. The first-order chi connectivity index (χ1) is 24.2. The van der Waals surface area contributed by atoms with Crippen LogP contribution in [0.3, 0.4) is 0 Å². The molecule has 0 amide bonds.